The highest BCUT2D eigenvalue weighted by atomic mass is 32.2. The van der Waals surface area contributed by atoms with Crippen LogP contribution in [-0.2, 0) is 16.4 Å². The van der Waals surface area contributed by atoms with Crippen molar-refractivity contribution in [3.8, 4) is 0 Å². The summed E-state index contributed by atoms with van der Waals surface area (Å²) in [6.45, 7) is 1.09. The molecule has 1 N–H and O–H groups in total. The van der Waals surface area contributed by atoms with Gasteiger partial charge in [0.1, 0.15) is 5.82 Å². The molecule has 3 rings (SSSR count). The van der Waals surface area contributed by atoms with Crippen LogP contribution in [0.4, 0.5) is 9.18 Å². The molecule has 2 aromatic rings. The highest BCUT2D eigenvalue weighted by Crippen LogP contribution is 2.22. The zero-order valence-electron chi connectivity index (χ0n) is 16.1. The number of carbonyl (C=O) groups is 1. The van der Waals surface area contributed by atoms with Crippen molar-refractivity contribution in [1.29, 1.82) is 0 Å². The van der Waals surface area contributed by atoms with Crippen LogP contribution >= 0.6 is 0 Å². The van der Waals surface area contributed by atoms with Crippen LogP contribution in [0.1, 0.15) is 30.4 Å². The van der Waals surface area contributed by atoms with Gasteiger partial charge in [0, 0.05) is 13.1 Å². The number of halogens is 1. The average Bonchev–Trinajstić information content (AvgIpc) is 2.73. The fourth-order valence-corrected chi connectivity index (χ4v) is 4.18. The molecule has 1 aliphatic rings. The summed E-state index contributed by atoms with van der Waals surface area (Å²) in [5.41, 5.74) is 1.84. The van der Waals surface area contributed by atoms with Crippen LogP contribution in [0, 0.1) is 11.7 Å². The molecule has 0 unspecified atom stereocenters. The maximum Gasteiger partial charge on any atom is 0.331 e. The predicted octanol–water partition coefficient (Wildman–Crippen LogP) is 4.18. The van der Waals surface area contributed by atoms with Crippen molar-refractivity contribution in [1.82, 2.24) is 9.62 Å². The lowest BCUT2D eigenvalue weighted by atomic mass is 9.91. The summed E-state index contributed by atoms with van der Waals surface area (Å²) in [5, 5.41) is 0.921. The molecule has 0 spiro atoms. The Morgan fingerprint density at radius 1 is 1.07 bits per heavy atom. The Bertz CT molecular complexity index is 936. The number of urea groups is 1. The summed E-state index contributed by atoms with van der Waals surface area (Å²) in [4.78, 5) is 13.9. The summed E-state index contributed by atoms with van der Waals surface area (Å²) in [7, 11) is -3.91. The van der Waals surface area contributed by atoms with Gasteiger partial charge in [-0.1, -0.05) is 42.5 Å². The number of nitrogens with zero attached hydrogens (tertiary/aromatic N) is 1. The maximum absolute atomic E-state index is 12.9. The second-order valence-corrected chi connectivity index (χ2v) is 8.83. The lowest BCUT2D eigenvalue weighted by Crippen LogP contribution is -2.46. The number of hydrogen-bond acceptors (Lipinski definition) is 3. The van der Waals surface area contributed by atoms with E-state index in [2.05, 4.69) is 16.9 Å². The molecule has 2 aromatic carbocycles. The first-order valence-corrected chi connectivity index (χ1v) is 11.3. The van der Waals surface area contributed by atoms with Crippen LogP contribution in [0.2, 0.25) is 0 Å². The van der Waals surface area contributed by atoms with E-state index in [0.29, 0.717) is 24.6 Å². The van der Waals surface area contributed by atoms with Gasteiger partial charge in [-0.2, -0.15) is 0 Å². The van der Waals surface area contributed by atoms with Crippen LogP contribution in [0.3, 0.4) is 0 Å². The molecule has 5 nitrogen and oxygen atoms in total. The molecular formula is C22H25FN2O3S. The molecule has 1 aliphatic heterocycles. The summed E-state index contributed by atoms with van der Waals surface area (Å²) >= 11 is 0. The van der Waals surface area contributed by atoms with Crippen molar-refractivity contribution in [3.63, 3.8) is 0 Å². The van der Waals surface area contributed by atoms with Gasteiger partial charge < -0.3 is 4.90 Å². The number of piperidine rings is 1. The molecule has 29 heavy (non-hydrogen) atoms. The van der Waals surface area contributed by atoms with Crippen molar-refractivity contribution >= 4 is 22.1 Å². The first-order chi connectivity index (χ1) is 13.9. The van der Waals surface area contributed by atoms with E-state index in [9.17, 15) is 17.6 Å². The second-order valence-electron chi connectivity index (χ2n) is 7.26. The fraction of sp³-hybridized carbons (Fsp3) is 0.318. The molecule has 0 radical (unpaired) electrons. The molecule has 1 heterocycles. The van der Waals surface area contributed by atoms with Gasteiger partial charge in [-0.15, -0.1) is 0 Å². The lowest BCUT2D eigenvalue weighted by Gasteiger charge is -2.31. The molecule has 0 aromatic heterocycles. The molecule has 7 heteroatoms. The molecule has 0 aliphatic carbocycles. The number of sulfonamides is 1. The number of aryl methyl sites for hydroxylation is 1. The minimum Gasteiger partial charge on any atom is -0.324 e. The third kappa shape index (κ3) is 6.71. The van der Waals surface area contributed by atoms with E-state index in [1.54, 1.807) is 4.90 Å². The van der Waals surface area contributed by atoms with Gasteiger partial charge in [0.05, 0.1) is 5.41 Å². The largest absolute Gasteiger partial charge is 0.331 e. The van der Waals surface area contributed by atoms with Crippen LogP contribution in [0.15, 0.2) is 60.0 Å². The minimum absolute atomic E-state index is 0.398. The van der Waals surface area contributed by atoms with Gasteiger partial charge in [-0.25, -0.2) is 22.3 Å². The van der Waals surface area contributed by atoms with E-state index in [1.807, 2.05) is 18.2 Å². The third-order valence-electron chi connectivity index (χ3n) is 5.13. The van der Waals surface area contributed by atoms with Crippen LogP contribution in [0.5, 0.6) is 0 Å². The van der Waals surface area contributed by atoms with Gasteiger partial charge in [0.15, 0.2) is 0 Å². The van der Waals surface area contributed by atoms with E-state index in [0.717, 1.165) is 31.1 Å². The zero-order valence-corrected chi connectivity index (χ0v) is 16.9. The van der Waals surface area contributed by atoms with Gasteiger partial charge in [-0.05, 0) is 60.9 Å². The van der Waals surface area contributed by atoms with Crippen molar-refractivity contribution in [3.05, 3.63) is 76.9 Å². The second kappa shape index (κ2) is 9.69. The number of carbonyl (C=O) groups excluding carboxylic acids is 1. The molecule has 1 saturated heterocycles. The van der Waals surface area contributed by atoms with Gasteiger partial charge in [0.25, 0.3) is 10.0 Å². The summed E-state index contributed by atoms with van der Waals surface area (Å²) < 4.78 is 39.2. The van der Waals surface area contributed by atoms with E-state index in [1.165, 1.54) is 35.9 Å². The molecule has 0 atom stereocenters. The Morgan fingerprint density at radius 3 is 2.38 bits per heavy atom. The Hall–Kier alpha value is -2.67. The monoisotopic (exact) mass is 416 g/mol. The summed E-state index contributed by atoms with van der Waals surface area (Å²) in [6.07, 6.45) is 5.14. The topological polar surface area (TPSA) is 66.5 Å². The standard InChI is InChI=1S/C22H25FN2O3S/c23-21-10-8-19(9-11-21)14-17-29(27,28)24-22(26)25-15-12-20(13-16-25)7-6-18-4-2-1-3-5-18/h1-5,8-11,14,17,20H,6-7,12-13,15-16H2,(H,24,26)/b17-14+. The number of benzene rings is 2. The quantitative estimate of drug-likeness (QED) is 0.768. The Labute approximate surface area is 171 Å². The molecule has 0 saturated carbocycles. The molecular weight excluding hydrogens is 391 g/mol. The Balaban J connectivity index is 1.45. The first kappa shape index (κ1) is 21.0. The number of amides is 2. The third-order valence-corrected chi connectivity index (χ3v) is 6.08. The predicted molar refractivity (Wildman–Crippen MR) is 112 cm³/mol. The summed E-state index contributed by atoms with van der Waals surface area (Å²) in [5.74, 6) is 0.139. The van der Waals surface area contributed by atoms with Crippen LogP contribution in [-0.4, -0.2) is 32.4 Å². The van der Waals surface area contributed by atoms with E-state index in [4.69, 9.17) is 0 Å². The Morgan fingerprint density at radius 2 is 1.72 bits per heavy atom. The Kier molecular flexibility index (Phi) is 7.04. The van der Waals surface area contributed by atoms with Crippen LogP contribution < -0.4 is 4.72 Å². The normalized spacial score (nSPS) is 15.6. The smallest absolute Gasteiger partial charge is 0.324 e. The van der Waals surface area contributed by atoms with E-state index < -0.39 is 21.9 Å². The first-order valence-electron chi connectivity index (χ1n) is 9.70. The average molecular weight is 417 g/mol. The van der Waals surface area contributed by atoms with E-state index in [-0.39, 0.29) is 0 Å². The molecule has 0 bridgehead atoms. The van der Waals surface area contributed by atoms with Crippen molar-refractivity contribution in [2.75, 3.05) is 13.1 Å². The molecule has 154 valence electrons. The van der Waals surface area contributed by atoms with E-state index >= 15 is 0 Å². The van der Waals surface area contributed by atoms with Crippen molar-refractivity contribution in [2.24, 2.45) is 5.92 Å². The highest BCUT2D eigenvalue weighted by molar-refractivity contribution is 7.93. The highest BCUT2D eigenvalue weighted by Gasteiger charge is 2.24. The summed E-state index contributed by atoms with van der Waals surface area (Å²) in [6, 6.07) is 15.1. The van der Waals surface area contributed by atoms with Gasteiger partial charge in [-0.3, -0.25) is 0 Å². The lowest BCUT2D eigenvalue weighted by molar-refractivity contribution is 0.173. The SMILES string of the molecule is O=C(NS(=O)(=O)/C=C/c1ccc(F)cc1)N1CCC(CCc2ccccc2)CC1. The zero-order chi connectivity index (χ0) is 20.7. The van der Waals surface area contributed by atoms with Gasteiger partial charge >= 0.3 is 6.03 Å². The number of likely N-dealkylation sites (tertiary alicyclic amines) is 1. The van der Waals surface area contributed by atoms with Crippen molar-refractivity contribution < 1.29 is 17.6 Å². The number of nitrogens with one attached hydrogen (secondary N) is 1. The maximum atomic E-state index is 12.9. The number of hydrogen-bond donors (Lipinski definition) is 1. The fourth-order valence-electron chi connectivity index (χ4n) is 3.40. The van der Waals surface area contributed by atoms with Crippen LogP contribution in [0.25, 0.3) is 6.08 Å². The number of rotatable bonds is 6. The molecule has 2 amide bonds. The van der Waals surface area contributed by atoms with Crippen molar-refractivity contribution in [2.45, 2.75) is 25.7 Å². The van der Waals surface area contributed by atoms with Gasteiger partial charge in [0.2, 0.25) is 0 Å². The minimum atomic E-state index is -3.91. The molecule has 1 fully saturated rings.